The number of carbonyl (C=O) groups excluding carboxylic acids is 2. The molecule has 0 bridgehead atoms. The molecule has 0 aromatic heterocycles. The molecule has 2 aromatic rings. The summed E-state index contributed by atoms with van der Waals surface area (Å²) in [5, 5.41) is 5.87. The maximum atomic E-state index is 12.6. The Bertz CT molecular complexity index is 766. The topological polar surface area (TPSA) is 58.2 Å². The van der Waals surface area contributed by atoms with Crippen molar-refractivity contribution >= 4 is 33.4 Å². The number of amides is 2. The lowest BCUT2D eigenvalue weighted by atomic mass is 10.0. The summed E-state index contributed by atoms with van der Waals surface area (Å²) < 4.78 is 0. The zero-order chi connectivity index (χ0) is 19.6. The molecule has 0 unspecified atom stereocenters. The van der Waals surface area contributed by atoms with Crippen molar-refractivity contribution in [3.63, 3.8) is 0 Å². The molecule has 1 saturated heterocycles. The maximum absolute atomic E-state index is 12.6. The molecule has 3 rings (SSSR count). The maximum Gasteiger partial charge on any atom is 0.243 e. The van der Waals surface area contributed by atoms with Crippen LogP contribution in [0, 0.1) is 0 Å². The van der Waals surface area contributed by atoms with E-state index in [2.05, 4.69) is 34.9 Å². The standard InChI is InChI=1S/C22H26N2O2S2/c25-21-9-5-2-6-14-27-28-16-20(24-21)22(26)23-15-17-10-12-19(13-11-17)18-7-3-1-4-8-18/h1,3-4,7-8,10-13,20H,2,5-6,9,14-16H2,(H,23,26)(H,24,25)/t20-/m0/s1. The summed E-state index contributed by atoms with van der Waals surface area (Å²) in [6, 6.07) is 17.9. The molecule has 2 aromatic carbocycles. The van der Waals surface area contributed by atoms with E-state index < -0.39 is 6.04 Å². The lowest BCUT2D eigenvalue weighted by Crippen LogP contribution is -2.47. The molecule has 1 aliphatic heterocycles. The minimum Gasteiger partial charge on any atom is -0.350 e. The smallest absolute Gasteiger partial charge is 0.243 e. The molecule has 1 fully saturated rings. The molecule has 2 amide bonds. The number of nitrogens with one attached hydrogen (secondary N) is 2. The molecule has 1 atom stereocenters. The third kappa shape index (κ3) is 6.60. The molecular formula is C22H26N2O2S2. The van der Waals surface area contributed by atoms with Crippen LogP contribution in [0.2, 0.25) is 0 Å². The highest BCUT2D eigenvalue weighted by molar-refractivity contribution is 8.76. The van der Waals surface area contributed by atoms with Gasteiger partial charge in [-0.15, -0.1) is 0 Å². The molecular weight excluding hydrogens is 388 g/mol. The van der Waals surface area contributed by atoms with Crippen LogP contribution in [0.15, 0.2) is 54.6 Å². The van der Waals surface area contributed by atoms with Gasteiger partial charge in [-0.05, 0) is 29.5 Å². The average molecular weight is 415 g/mol. The van der Waals surface area contributed by atoms with Crippen molar-refractivity contribution in [2.45, 2.75) is 38.3 Å². The Morgan fingerprint density at radius 3 is 2.50 bits per heavy atom. The van der Waals surface area contributed by atoms with E-state index >= 15 is 0 Å². The van der Waals surface area contributed by atoms with Crippen LogP contribution < -0.4 is 10.6 Å². The molecule has 6 heteroatoms. The van der Waals surface area contributed by atoms with Gasteiger partial charge in [0.15, 0.2) is 0 Å². The van der Waals surface area contributed by atoms with Gasteiger partial charge in [0.25, 0.3) is 0 Å². The summed E-state index contributed by atoms with van der Waals surface area (Å²) in [5.41, 5.74) is 3.37. The van der Waals surface area contributed by atoms with E-state index in [4.69, 9.17) is 0 Å². The molecule has 0 radical (unpaired) electrons. The summed E-state index contributed by atoms with van der Waals surface area (Å²) in [7, 11) is 3.44. The highest BCUT2D eigenvalue weighted by atomic mass is 33.1. The van der Waals surface area contributed by atoms with E-state index in [1.807, 2.05) is 30.3 Å². The number of hydrogen-bond acceptors (Lipinski definition) is 4. The quantitative estimate of drug-likeness (QED) is 0.728. The Hall–Kier alpha value is -1.92. The summed E-state index contributed by atoms with van der Waals surface area (Å²) in [5.74, 6) is 1.52. The van der Waals surface area contributed by atoms with Crippen LogP contribution in [0.5, 0.6) is 0 Å². The lowest BCUT2D eigenvalue weighted by Gasteiger charge is -2.18. The second kappa shape index (κ2) is 11.2. The van der Waals surface area contributed by atoms with Crippen molar-refractivity contribution in [1.29, 1.82) is 0 Å². The highest BCUT2D eigenvalue weighted by Crippen LogP contribution is 2.24. The van der Waals surface area contributed by atoms with Gasteiger partial charge in [0.1, 0.15) is 6.04 Å². The second-order valence-electron chi connectivity index (χ2n) is 6.82. The zero-order valence-corrected chi connectivity index (χ0v) is 17.5. The monoisotopic (exact) mass is 414 g/mol. The first-order chi connectivity index (χ1) is 13.7. The lowest BCUT2D eigenvalue weighted by molar-refractivity contribution is -0.128. The fourth-order valence-electron chi connectivity index (χ4n) is 3.01. The Balaban J connectivity index is 1.54. The van der Waals surface area contributed by atoms with E-state index in [0.717, 1.165) is 36.1 Å². The molecule has 0 spiro atoms. The van der Waals surface area contributed by atoms with Crippen LogP contribution in [0.1, 0.15) is 31.2 Å². The van der Waals surface area contributed by atoms with Crippen LogP contribution in [-0.2, 0) is 16.1 Å². The highest BCUT2D eigenvalue weighted by Gasteiger charge is 2.21. The van der Waals surface area contributed by atoms with Crippen molar-refractivity contribution in [1.82, 2.24) is 10.6 Å². The summed E-state index contributed by atoms with van der Waals surface area (Å²) in [4.78, 5) is 24.7. The molecule has 148 valence electrons. The van der Waals surface area contributed by atoms with Crippen LogP contribution in [0.4, 0.5) is 0 Å². The van der Waals surface area contributed by atoms with E-state index in [0.29, 0.717) is 18.7 Å². The summed E-state index contributed by atoms with van der Waals surface area (Å²) in [6.45, 7) is 0.456. The van der Waals surface area contributed by atoms with Crippen LogP contribution in [0.25, 0.3) is 11.1 Å². The first-order valence-corrected chi connectivity index (χ1v) is 12.2. The minimum absolute atomic E-state index is 0.0279. The number of hydrogen-bond donors (Lipinski definition) is 2. The largest absolute Gasteiger partial charge is 0.350 e. The Kier molecular flexibility index (Phi) is 8.30. The van der Waals surface area contributed by atoms with Crippen molar-refractivity contribution in [3.8, 4) is 11.1 Å². The molecule has 2 N–H and O–H groups in total. The van der Waals surface area contributed by atoms with Crippen molar-refractivity contribution in [2.75, 3.05) is 11.5 Å². The van der Waals surface area contributed by atoms with E-state index in [1.165, 1.54) is 5.56 Å². The number of benzene rings is 2. The third-order valence-electron chi connectivity index (χ3n) is 4.63. The third-order valence-corrected chi connectivity index (χ3v) is 7.13. The average Bonchev–Trinajstić information content (AvgIpc) is 2.78. The van der Waals surface area contributed by atoms with Crippen LogP contribution >= 0.6 is 21.6 Å². The van der Waals surface area contributed by atoms with Gasteiger partial charge in [0.2, 0.25) is 11.8 Å². The first-order valence-electron chi connectivity index (χ1n) is 9.68. The van der Waals surface area contributed by atoms with E-state index in [-0.39, 0.29) is 11.8 Å². The van der Waals surface area contributed by atoms with Gasteiger partial charge >= 0.3 is 0 Å². The van der Waals surface area contributed by atoms with E-state index in [1.54, 1.807) is 21.6 Å². The Morgan fingerprint density at radius 2 is 1.71 bits per heavy atom. The molecule has 0 saturated carbocycles. The molecule has 4 nitrogen and oxygen atoms in total. The van der Waals surface area contributed by atoms with Crippen LogP contribution in [-0.4, -0.2) is 29.4 Å². The molecule has 0 aliphatic carbocycles. The molecule has 1 heterocycles. The predicted molar refractivity (Wildman–Crippen MR) is 119 cm³/mol. The van der Waals surface area contributed by atoms with Crippen molar-refractivity contribution < 1.29 is 9.59 Å². The van der Waals surface area contributed by atoms with Gasteiger partial charge < -0.3 is 10.6 Å². The summed E-state index contributed by atoms with van der Waals surface area (Å²) in [6.07, 6.45) is 3.58. The van der Waals surface area contributed by atoms with Crippen LogP contribution in [0.3, 0.4) is 0 Å². The van der Waals surface area contributed by atoms with Crippen molar-refractivity contribution in [3.05, 3.63) is 60.2 Å². The number of carbonyl (C=O) groups is 2. The fraction of sp³-hybridized carbons (Fsp3) is 0.364. The Labute approximate surface area is 174 Å². The van der Waals surface area contributed by atoms with Gasteiger partial charge in [-0.2, -0.15) is 0 Å². The molecule has 1 aliphatic rings. The van der Waals surface area contributed by atoms with E-state index in [9.17, 15) is 9.59 Å². The van der Waals surface area contributed by atoms with Gasteiger partial charge in [-0.25, -0.2) is 0 Å². The fourth-order valence-corrected chi connectivity index (χ4v) is 5.32. The van der Waals surface area contributed by atoms with Gasteiger partial charge in [0.05, 0.1) is 0 Å². The Morgan fingerprint density at radius 1 is 0.964 bits per heavy atom. The SMILES string of the molecule is O=C1CCCCCSSC[C@@H](C(=O)NCc2ccc(-c3ccccc3)cc2)N1. The van der Waals surface area contributed by atoms with Gasteiger partial charge in [-0.1, -0.05) is 82.6 Å². The predicted octanol–water partition coefficient (Wildman–Crippen LogP) is 4.41. The van der Waals surface area contributed by atoms with Gasteiger partial charge in [-0.3, -0.25) is 9.59 Å². The van der Waals surface area contributed by atoms with Gasteiger partial charge in [0, 0.05) is 24.5 Å². The normalized spacial score (nSPS) is 18.6. The summed E-state index contributed by atoms with van der Waals surface area (Å²) >= 11 is 0. The van der Waals surface area contributed by atoms with Crippen molar-refractivity contribution in [2.24, 2.45) is 0 Å². The molecule has 28 heavy (non-hydrogen) atoms. The minimum atomic E-state index is -0.480. The second-order valence-corrected chi connectivity index (χ2v) is 9.45. The zero-order valence-electron chi connectivity index (χ0n) is 15.9. The first kappa shape index (κ1) is 20.8. The number of rotatable bonds is 4.